The van der Waals surface area contributed by atoms with Gasteiger partial charge in [-0.25, -0.2) is 9.97 Å². The predicted octanol–water partition coefficient (Wildman–Crippen LogP) is 1.58. The van der Waals surface area contributed by atoms with E-state index in [-0.39, 0.29) is 0 Å². The van der Waals surface area contributed by atoms with Crippen LogP contribution in [0.3, 0.4) is 0 Å². The van der Waals surface area contributed by atoms with Crippen LogP contribution in [0.25, 0.3) is 0 Å². The van der Waals surface area contributed by atoms with Gasteiger partial charge in [-0.05, 0) is 13.8 Å². The average Bonchev–Trinajstić information content (AvgIpc) is 2.60. The Morgan fingerprint density at radius 2 is 2.05 bits per heavy atom. The molecule has 0 aliphatic rings. The monoisotopic (exact) mass is 260 g/mol. The molecule has 0 saturated heterocycles. The molecule has 2 heterocycles. The molecule has 2 aromatic heterocycles. The lowest BCUT2D eigenvalue weighted by Gasteiger charge is -2.08. The first-order valence-electron chi connectivity index (χ1n) is 6.37. The molecule has 2 aromatic rings. The van der Waals surface area contributed by atoms with Gasteiger partial charge in [0.1, 0.15) is 17.5 Å². The van der Waals surface area contributed by atoms with Crippen molar-refractivity contribution in [2.45, 2.75) is 33.7 Å². The highest BCUT2D eigenvalue weighted by Gasteiger charge is 2.09. The number of nitrogens with zero attached hydrogens (tertiary/aromatic N) is 4. The fourth-order valence-corrected chi connectivity index (χ4v) is 2.02. The second-order valence-corrected chi connectivity index (χ2v) is 4.57. The van der Waals surface area contributed by atoms with Crippen molar-refractivity contribution in [3.63, 3.8) is 0 Å². The van der Waals surface area contributed by atoms with Crippen LogP contribution in [0.5, 0.6) is 0 Å². The highest BCUT2D eigenvalue weighted by Crippen LogP contribution is 2.15. The van der Waals surface area contributed by atoms with E-state index < -0.39 is 0 Å². The number of aryl methyl sites for hydroxylation is 3. The smallest absolute Gasteiger partial charge is 0.132 e. The quantitative estimate of drug-likeness (QED) is 0.872. The lowest BCUT2D eigenvalue weighted by atomic mass is 10.2. The van der Waals surface area contributed by atoms with Crippen molar-refractivity contribution in [2.75, 3.05) is 11.1 Å². The van der Waals surface area contributed by atoms with Gasteiger partial charge in [-0.2, -0.15) is 5.10 Å². The molecule has 0 atom stereocenters. The average molecular weight is 260 g/mol. The van der Waals surface area contributed by atoms with E-state index in [1.807, 2.05) is 25.6 Å². The van der Waals surface area contributed by atoms with E-state index in [1.165, 1.54) is 5.56 Å². The number of nitrogen functional groups attached to an aromatic ring is 1. The Labute approximate surface area is 113 Å². The summed E-state index contributed by atoms with van der Waals surface area (Å²) in [5, 5.41) is 7.68. The summed E-state index contributed by atoms with van der Waals surface area (Å²) in [4.78, 5) is 8.56. The zero-order chi connectivity index (χ0) is 14.0. The Kier molecular flexibility index (Phi) is 3.69. The van der Waals surface area contributed by atoms with Crippen LogP contribution in [0.2, 0.25) is 0 Å². The summed E-state index contributed by atoms with van der Waals surface area (Å²) < 4.78 is 1.89. The first-order chi connectivity index (χ1) is 9.01. The fourth-order valence-electron chi connectivity index (χ4n) is 2.02. The minimum Gasteiger partial charge on any atom is -0.384 e. The summed E-state index contributed by atoms with van der Waals surface area (Å²) in [6.07, 6.45) is 0.769. The maximum atomic E-state index is 5.76. The molecule has 0 saturated carbocycles. The van der Waals surface area contributed by atoms with Crippen LogP contribution in [0.15, 0.2) is 6.07 Å². The van der Waals surface area contributed by atoms with E-state index in [0.717, 1.165) is 29.5 Å². The number of anilines is 2. The molecule has 0 aromatic carbocycles. The molecule has 102 valence electrons. The van der Waals surface area contributed by atoms with E-state index >= 15 is 0 Å². The second kappa shape index (κ2) is 5.26. The first kappa shape index (κ1) is 13.3. The molecule has 19 heavy (non-hydrogen) atoms. The highest BCUT2D eigenvalue weighted by atomic mass is 15.3. The van der Waals surface area contributed by atoms with Crippen LogP contribution in [0.1, 0.15) is 29.7 Å². The van der Waals surface area contributed by atoms with E-state index in [4.69, 9.17) is 5.73 Å². The van der Waals surface area contributed by atoms with E-state index in [9.17, 15) is 0 Å². The van der Waals surface area contributed by atoms with Crippen molar-refractivity contribution in [1.82, 2.24) is 19.7 Å². The molecule has 6 heteroatoms. The molecule has 0 aliphatic heterocycles. The Morgan fingerprint density at radius 1 is 1.32 bits per heavy atom. The highest BCUT2D eigenvalue weighted by molar-refractivity contribution is 5.45. The number of hydrogen-bond acceptors (Lipinski definition) is 5. The number of nitrogens with one attached hydrogen (secondary N) is 1. The summed E-state index contributed by atoms with van der Waals surface area (Å²) >= 11 is 0. The molecular weight excluding hydrogens is 240 g/mol. The van der Waals surface area contributed by atoms with Gasteiger partial charge in [0, 0.05) is 37.3 Å². The summed E-state index contributed by atoms with van der Waals surface area (Å²) in [7, 11) is 1.95. The number of nitrogens with two attached hydrogens (primary N) is 1. The van der Waals surface area contributed by atoms with E-state index in [2.05, 4.69) is 27.3 Å². The van der Waals surface area contributed by atoms with Gasteiger partial charge in [0.2, 0.25) is 0 Å². The predicted molar refractivity (Wildman–Crippen MR) is 75.8 cm³/mol. The van der Waals surface area contributed by atoms with Crippen LogP contribution < -0.4 is 11.1 Å². The van der Waals surface area contributed by atoms with Gasteiger partial charge in [-0.15, -0.1) is 0 Å². The summed E-state index contributed by atoms with van der Waals surface area (Å²) in [6, 6.07) is 1.75. The first-order valence-corrected chi connectivity index (χ1v) is 6.37. The zero-order valence-electron chi connectivity index (χ0n) is 11.9. The molecule has 0 bridgehead atoms. The van der Waals surface area contributed by atoms with Crippen molar-refractivity contribution in [1.29, 1.82) is 0 Å². The molecule has 0 unspecified atom stereocenters. The van der Waals surface area contributed by atoms with Crippen LogP contribution in [0, 0.1) is 13.8 Å². The van der Waals surface area contributed by atoms with Gasteiger partial charge < -0.3 is 11.1 Å². The molecule has 0 radical (unpaired) electrons. The fraction of sp³-hybridized carbons (Fsp3) is 0.462. The van der Waals surface area contributed by atoms with E-state index in [0.29, 0.717) is 12.4 Å². The Bertz CT molecular complexity index is 587. The van der Waals surface area contributed by atoms with Crippen LogP contribution in [-0.2, 0) is 20.0 Å². The van der Waals surface area contributed by atoms with Crippen LogP contribution >= 0.6 is 0 Å². The van der Waals surface area contributed by atoms with Crippen molar-refractivity contribution in [2.24, 2.45) is 7.05 Å². The van der Waals surface area contributed by atoms with Crippen molar-refractivity contribution in [3.05, 3.63) is 28.8 Å². The third-order valence-corrected chi connectivity index (χ3v) is 3.21. The van der Waals surface area contributed by atoms with Gasteiger partial charge in [0.25, 0.3) is 0 Å². The number of aromatic nitrogens is 4. The lowest BCUT2D eigenvalue weighted by Crippen LogP contribution is -2.07. The number of hydrogen-bond donors (Lipinski definition) is 2. The van der Waals surface area contributed by atoms with Crippen LogP contribution in [-0.4, -0.2) is 19.7 Å². The maximum Gasteiger partial charge on any atom is 0.132 e. The number of rotatable bonds is 4. The summed E-state index contributed by atoms with van der Waals surface area (Å²) in [6.45, 7) is 6.76. The molecule has 0 spiro atoms. The van der Waals surface area contributed by atoms with Gasteiger partial charge >= 0.3 is 0 Å². The molecule has 0 aliphatic carbocycles. The Morgan fingerprint density at radius 3 is 2.63 bits per heavy atom. The normalized spacial score (nSPS) is 10.7. The van der Waals surface area contributed by atoms with Crippen molar-refractivity contribution < 1.29 is 0 Å². The SMILES string of the molecule is CCc1nc(N)cc(NCc2c(C)nn(C)c2C)n1. The van der Waals surface area contributed by atoms with Crippen LogP contribution in [0.4, 0.5) is 11.6 Å². The Balaban J connectivity index is 2.16. The topological polar surface area (TPSA) is 81.6 Å². The van der Waals surface area contributed by atoms with Gasteiger partial charge in [0.05, 0.1) is 5.69 Å². The third kappa shape index (κ3) is 2.83. The minimum absolute atomic E-state index is 0.494. The van der Waals surface area contributed by atoms with Crippen molar-refractivity contribution in [3.8, 4) is 0 Å². The lowest BCUT2D eigenvalue weighted by molar-refractivity contribution is 0.730. The molecule has 0 fully saturated rings. The van der Waals surface area contributed by atoms with Gasteiger partial charge in [0.15, 0.2) is 0 Å². The molecule has 0 amide bonds. The molecule has 2 rings (SSSR count). The Hall–Kier alpha value is -2.11. The molecular formula is C13H20N6. The van der Waals surface area contributed by atoms with Gasteiger partial charge in [-0.3, -0.25) is 4.68 Å². The zero-order valence-corrected chi connectivity index (χ0v) is 11.9. The minimum atomic E-state index is 0.494. The largest absolute Gasteiger partial charge is 0.384 e. The van der Waals surface area contributed by atoms with Gasteiger partial charge in [-0.1, -0.05) is 6.92 Å². The second-order valence-electron chi connectivity index (χ2n) is 4.57. The van der Waals surface area contributed by atoms with Crippen molar-refractivity contribution >= 4 is 11.6 Å². The summed E-state index contributed by atoms with van der Waals surface area (Å²) in [5.74, 6) is 2.00. The maximum absolute atomic E-state index is 5.76. The summed E-state index contributed by atoms with van der Waals surface area (Å²) in [5.41, 5.74) is 9.14. The molecule has 3 N–H and O–H groups in total. The molecule has 6 nitrogen and oxygen atoms in total. The standard InChI is InChI=1S/C13H20N6/c1-5-12-16-11(14)6-13(17-12)15-7-10-8(2)18-19(4)9(10)3/h6H,5,7H2,1-4H3,(H3,14,15,16,17). The van der Waals surface area contributed by atoms with E-state index in [1.54, 1.807) is 6.07 Å². The third-order valence-electron chi connectivity index (χ3n) is 3.21.